The Morgan fingerprint density at radius 3 is 1.32 bits per heavy atom. The van der Waals surface area contributed by atoms with Crippen LogP contribution in [0.1, 0.15) is 11.1 Å². The van der Waals surface area contributed by atoms with E-state index in [1.807, 2.05) is 22.7 Å². The molecule has 0 atom stereocenters. The topological polar surface area (TPSA) is 0 Å². The third-order valence-electron chi connectivity index (χ3n) is 5.39. The Bertz CT molecular complexity index is 1400. The normalized spacial score (nSPS) is 12.1. The molecule has 0 N–H and O–H groups in total. The lowest BCUT2D eigenvalue weighted by molar-refractivity contribution is 1.80. The van der Waals surface area contributed by atoms with Crippen LogP contribution >= 0.6 is 22.7 Å². The lowest BCUT2D eigenvalue weighted by atomic mass is 10.0. The second-order valence-electron chi connectivity index (χ2n) is 7.11. The van der Waals surface area contributed by atoms with Crippen LogP contribution in [0, 0.1) is 0 Å². The number of rotatable bonds is 2. The Kier molecular flexibility index (Phi) is 3.61. The number of thiophene rings is 2. The van der Waals surface area contributed by atoms with Gasteiger partial charge >= 0.3 is 0 Å². The first-order valence-electron chi connectivity index (χ1n) is 9.33. The van der Waals surface area contributed by atoms with Crippen molar-refractivity contribution >= 4 is 76.5 Å². The molecule has 132 valence electrons. The van der Waals surface area contributed by atoms with Crippen molar-refractivity contribution in [3.63, 3.8) is 0 Å². The van der Waals surface area contributed by atoms with Gasteiger partial charge in [0.1, 0.15) is 0 Å². The summed E-state index contributed by atoms with van der Waals surface area (Å²) in [6, 6.07) is 26.4. The standard InChI is InChI=1S/C26H16S2/c1-3-7-19-13-25-23(11-17(19)5-1)21(15-27-25)9-10-22-16-28-26-14-20-8-4-2-6-18(20)12-24(22)26/h1-16H/b10-9-. The number of hydrogen-bond donors (Lipinski definition) is 0. The van der Waals surface area contributed by atoms with Crippen LogP contribution in [-0.2, 0) is 0 Å². The molecule has 0 saturated carbocycles. The summed E-state index contributed by atoms with van der Waals surface area (Å²) in [5, 5.41) is 12.4. The number of hydrogen-bond acceptors (Lipinski definition) is 2. The fourth-order valence-corrected chi connectivity index (χ4v) is 5.82. The van der Waals surface area contributed by atoms with Crippen LogP contribution in [0.5, 0.6) is 0 Å². The molecule has 0 aliphatic heterocycles. The fraction of sp³-hybridized carbons (Fsp3) is 0. The van der Waals surface area contributed by atoms with Gasteiger partial charge < -0.3 is 0 Å². The van der Waals surface area contributed by atoms with Gasteiger partial charge in [-0.2, -0.15) is 0 Å². The summed E-state index contributed by atoms with van der Waals surface area (Å²) in [5.41, 5.74) is 2.59. The van der Waals surface area contributed by atoms with Crippen LogP contribution in [-0.4, -0.2) is 0 Å². The Morgan fingerprint density at radius 1 is 0.500 bits per heavy atom. The molecule has 0 bridgehead atoms. The van der Waals surface area contributed by atoms with Gasteiger partial charge in [0.25, 0.3) is 0 Å². The summed E-state index contributed by atoms with van der Waals surface area (Å²) in [5.74, 6) is 0. The van der Waals surface area contributed by atoms with Crippen LogP contribution in [0.15, 0.2) is 83.6 Å². The first kappa shape index (κ1) is 16.1. The van der Waals surface area contributed by atoms with Crippen molar-refractivity contribution in [2.24, 2.45) is 0 Å². The second-order valence-corrected chi connectivity index (χ2v) is 8.93. The first-order chi connectivity index (χ1) is 13.8. The lowest BCUT2D eigenvalue weighted by Crippen LogP contribution is -1.75. The molecular weight excluding hydrogens is 376 g/mol. The maximum Gasteiger partial charge on any atom is 0.0355 e. The smallest absolute Gasteiger partial charge is 0.0355 e. The van der Waals surface area contributed by atoms with Crippen molar-refractivity contribution in [1.29, 1.82) is 0 Å². The molecule has 0 nitrogen and oxygen atoms in total. The third kappa shape index (κ3) is 2.57. The second kappa shape index (κ2) is 6.30. The van der Waals surface area contributed by atoms with Gasteiger partial charge in [0.15, 0.2) is 0 Å². The highest BCUT2D eigenvalue weighted by molar-refractivity contribution is 7.18. The van der Waals surface area contributed by atoms with Crippen LogP contribution in [0.25, 0.3) is 53.9 Å². The predicted octanol–water partition coefficient (Wildman–Crippen LogP) is 8.59. The molecule has 0 fully saturated rings. The molecule has 0 aliphatic rings. The van der Waals surface area contributed by atoms with E-state index in [2.05, 4.69) is 95.7 Å². The van der Waals surface area contributed by atoms with Crippen LogP contribution in [0.2, 0.25) is 0 Å². The fourth-order valence-electron chi connectivity index (χ4n) is 3.90. The van der Waals surface area contributed by atoms with Gasteiger partial charge in [0.05, 0.1) is 0 Å². The van der Waals surface area contributed by atoms with E-state index < -0.39 is 0 Å². The van der Waals surface area contributed by atoms with Crippen molar-refractivity contribution < 1.29 is 0 Å². The number of benzene rings is 4. The van der Waals surface area contributed by atoms with Crippen molar-refractivity contribution in [2.45, 2.75) is 0 Å². The van der Waals surface area contributed by atoms with E-state index in [1.54, 1.807) is 0 Å². The van der Waals surface area contributed by atoms with Gasteiger partial charge in [-0.15, -0.1) is 22.7 Å². The molecule has 0 amide bonds. The zero-order valence-corrected chi connectivity index (χ0v) is 16.7. The molecule has 0 aliphatic carbocycles. The van der Waals surface area contributed by atoms with E-state index in [0.29, 0.717) is 0 Å². The molecule has 0 unspecified atom stereocenters. The van der Waals surface area contributed by atoms with E-state index >= 15 is 0 Å². The maximum atomic E-state index is 2.32. The average Bonchev–Trinajstić information content (AvgIpc) is 3.32. The molecule has 0 spiro atoms. The molecule has 2 aromatic heterocycles. The van der Waals surface area contributed by atoms with E-state index in [-0.39, 0.29) is 0 Å². The maximum absolute atomic E-state index is 2.32. The zero-order valence-electron chi connectivity index (χ0n) is 15.1. The van der Waals surface area contributed by atoms with Crippen molar-refractivity contribution in [2.75, 3.05) is 0 Å². The van der Waals surface area contributed by atoms with Crippen LogP contribution in [0.3, 0.4) is 0 Å². The lowest BCUT2D eigenvalue weighted by Gasteiger charge is -2.00. The van der Waals surface area contributed by atoms with Gasteiger partial charge in [-0.05, 0) is 67.7 Å². The Balaban J connectivity index is 1.47. The summed E-state index contributed by atoms with van der Waals surface area (Å²) < 4.78 is 2.69. The van der Waals surface area contributed by atoms with Gasteiger partial charge in [0.2, 0.25) is 0 Å². The molecule has 4 aromatic carbocycles. The van der Waals surface area contributed by atoms with Gasteiger partial charge in [-0.25, -0.2) is 0 Å². The average molecular weight is 393 g/mol. The van der Waals surface area contributed by atoms with Gasteiger partial charge in [0, 0.05) is 20.2 Å². The summed E-state index contributed by atoms with van der Waals surface area (Å²) >= 11 is 3.65. The minimum atomic E-state index is 1.30. The highest BCUT2D eigenvalue weighted by Crippen LogP contribution is 2.34. The van der Waals surface area contributed by atoms with E-state index in [0.717, 1.165) is 0 Å². The predicted molar refractivity (Wildman–Crippen MR) is 128 cm³/mol. The monoisotopic (exact) mass is 392 g/mol. The highest BCUT2D eigenvalue weighted by atomic mass is 32.1. The molecular formula is C26H16S2. The minimum absolute atomic E-state index is 1.30. The summed E-state index contributed by atoms with van der Waals surface area (Å²) in [6.07, 6.45) is 4.54. The van der Waals surface area contributed by atoms with Crippen molar-refractivity contribution in [3.05, 3.63) is 94.7 Å². The molecule has 6 rings (SSSR count). The third-order valence-corrected chi connectivity index (χ3v) is 7.31. The van der Waals surface area contributed by atoms with Gasteiger partial charge in [-0.3, -0.25) is 0 Å². The Morgan fingerprint density at radius 2 is 0.893 bits per heavy atom. The van der Waals surface area contributed by atoms with Crippen molar-refractivity contribution in [3.8, 4) is 0 Å². The Hall–Kier alpha value is -2.94. The molecule has 2 heterocycles. The summed E-state index contributed by atoms with van der Waals surface area (Å²) in [6.45, 7) is 0. The minimum Gasteiger partial charge on any atom is -0.143 e. The Labute approximate surface area is 171 Å². The van der Waals surface area contributed by atoms with Crippen LogP contribution < -0.4 is 0 Å². The molecule has 28 heavy (non-hydrogen) atoms. The van der Waals surface area contributed by atoms with Crippen molar-refractivity contribution in [1.82, 2.24) is 0 Å². The van der Waals surface area contributed by atoms with Gasteiger partial charge in [-0.1, -0.05) is 60.7 Å². The van der Waals surface area contributed by atoms with Crippen LogP contribution in [0.4, 0.5) is 0 Å². The quantitative estimate of drug-likeness (QED) is 0.277. The summed E-state index contributed by atoms with van der Waals surface area (Å²) in [4.78, 5) is 0. The van der Waals surface area contributed by atoms with E-state index in [9.17, 15) is 0 Å². The molecule has 2 heteroatoms. The highest BCUT2D eigenvalue weighted by Gasteiger charge is 2.06. The molecule has 0 saturated heterocycles. The summed E-state index contributed by atoms with van der Waals surface area (Å²) in [7, 11) is 0. The number of fused-ring (bicyclic) bond motifs is 4. The SMILES string of the molecule is C(=C/c1csc2cc3ccccc3cc12)/c1csc2cc3ccccc3cc12. The first-order valence-corrected chi connectivity index (χ1v) is 11.1. The molecule has 0 radical (unpaired) electrons. The largest absolute Gasteiger partial charge is 0.143 e. The zero-order chi connectivity index (χ0) is 18.5. The van der Waals surface area contributed by atoms with E-state index in [4.69, 9.17) is 0 Å². The van der Waals surface area contributed by atoms with E-state index in [1.165, 1.54) is 52.8 Å². The molecule has 6 aromatic rings.